The molecule has 26 heavy (non-hydrogen) atoms. The third-order valence-corrected chi connectivity index (χ3v) is 7.43. The van der Waals surface area contributed by atoms with E-state index in [1.165, 1.54) is 11.5 Å². The zero-order valence-corrected chi connectivity index (χ0v) is 16.3. The van der Waals surface area contributed by atoms with Crippen LogP contribution in [0.4, 0.5) is 5.69 Å². The lowest BCUT2D eigenvalue weighted by Crippen LogP contribution is -2.47. The van der Waals surface area contributed by atoms with Gasteiger partial charge < -0.3 is 5.32 Å². The van der Waals surface area contributed by atoms with E-state index in [9.17, 15) is 4.79 Å². The summed E-state index contributed by atoms with van der Waals surface area (Å²) in [6, 6.07) is 10.3. The molecule has 0 aliphatic carbocycles. The van der Waals surface area contributed by atoms with Crippen LogP contribution in [0.15, 0.2) is 42.7 Å². The summed E-state index contributed by atoms with van der Waals surface area (Å²) in [6.07, 6.45) is 5.72. The second kappa shape index (κ2) is 8.50. The largest absolute Gasteiger partial charge is 0.325 e. The fourth-order valence-corrected chi connectivity index (χ4v) is 6.27. The average molecular weight is 389 g/mol. The summed E-state index contributed by atoms with van der Waals surface area (Å²) in [7, 11) is 0. The van der Waals surface area contributed by atoms with Crippen LogP contribution in [0.25, 0.3) is 5.69 Å². The molecule has 0 spiro atoms. The van der Waals surface area contributed by atoms with Gasteiger partial charge in [0.1, 0.15) is 0 Å². The van der Waals surface area contributed by atoms with Crippen molar-refractivity contribution in [2.75, 3.05) is 34.9 Å². The van der Waals surface area contributed by atoms with Crippen molar-refractivity contribution < 1.29 is 4.79 Å². The summed E-state index contributed by atoms with van der Waals surface area (Å²) in [5.74, 6) is 4.87. The Balaban J connectivity index is 1.44. The summed E-state index contributed by atoms with van der Waals surface area (Å²) < 4.78 is 1.80. The molecule has 0 unspecified atom stereocenters. The van der Waals surface area contributed by atoms with Crippen molar-refractivity contribution in [1.82, 2.24) is 14.7 Å². The first-order chi connectivity index (χ1) is 12.8. The molecule has 2 aromatic rings. The Bertz CT molecular complexity index is 729. The molecular formula is C19H24N4OS2. The zero-order valence-electron chi connectivity index (χ0n) is 14.7. The molecular weight excluding hydrogens is 364 g/mol. The van der Waals surface area contributed by atoms with Crippen LogP contribution in [-0.2, 0) is 4.79 Å². The van der Waals surface area contributed by atoms with Gasteiger partial charge in [-0.05, 0) is 43.7 Å². The van der Waals surface area contributed by atoms with E-state index in [1.54, 1.807) is 10.9 Å². The van der Waals surface area contributed by atoms with Crippen molar-refractivity contribution in [3.8, 4) is 5.69 Å². The molecule has 2 aliphatic rings. The minimum absolute atomic E-state index is 0.00680. The standard InChI is InChI=1S/C19H24N4OS2/c24-19(18-6-2-8-22(18)17-13-25-10-11-26-14-17)21-15-4-1-5-16(12-15)23-9-3-7-20-23/h1,3-5,7,9,12,17-18H,2,6,8,10-11,13-14H2,(H,21,24)/t18-/m0/s1. The van der Waals surface area contributed by atoms with E-state index in [0.29, 0.717) is 6.04 Å². The van der Waals surface area contributed by atoms with Gasteiger partial charge in [-0.3, -0.25) is 9.69 Å². The van der Waals surface area contributed by atoms with Crippen molar-refractivity contribution >= 4 is 35.1 Å². The summed E-state index contributed by atoms with van der Waals surface area (Å²) in [5.41, 5.74) is 1.78. The highest BCUT2D eigenvalue weighted by molar-refractivity contribution is 8.03. The van der Waals surface area contributed by atoms with Crippen molar-refractivity contribution in [3.05, 3.63) is 42.7 Å². The van der Waals surface area contributed by atoms with Crippen molar-refractivity contribution in [1.29, 1.82) is 0 Å². The third kappa shape index (κ3) is 4.10. The normalized spacial score (nSPS) is 22.2. The van der Waals surface area contributed by atoms with Gasteiger partial charge in [0.2, 0.25) is 5.91 Å². The van der Waals surface area contributed by atoms with Gasteiger partial charge in [0.05, 0.1) is 11.7 Å². The van der Waals surface area contributed by atoms with E-state index in [2.05, 4.69) is 15.3 Å². The molecule has 2 aliphatic heterocycles. The maximum atomic E-state index is 13.0. The minimum Gasteiger partial charge on any atom is -0.325 e. The van der Waals surface area contributed by atoms with Crippen LogP contribution in [0.5, 0.6) is 0 Å². The van der Waals surface area contributed by atoms with Gasteiger partial charge in [0.25, 0.3) is 0 Å². The lowest BCUT2D eigenvalue weighted by atomic mass is 10.1. The molecule has 5 nitrogen and oxygen atoms in total. The number of carbonyl (C=O) groups excluding carboxylic acids is 1. The van der Waals surface area contributed by atoms with Crippen LogP contribution >= 0.6 is 23.5 Å². The number of anilines is 1. The second-order valence-electron chi connectivity index (χ2n) is 6.69. The van der Waals surface area contributed by atoms with Gasteiger partial charge in [0, 0.05) is 47.1 Å². The molecule has 0 radical (unpaired) electrons. The predicted molar refractivity (Wildman–Crippen MR) is 110 cm³/mol. The number of hydrogen-bond acceptors (Lipinski definition) is 5. The van der Waals surface area contributed by atoms with Crippen LogP contribution in [0, 0.1) is 0 Å². The molecule has 1 aromatic heterocycles. The molecule has 3 heterocycles. The lowest BCUT2D eigenvalue weighted by Gasteiger charge is -2.31. The number of hydrogen-bond donors (Lipinski definition) is 1. The van der Waals surface area contributed by atoms with Gasteiger partial charge in [-0.1, -0.05) is 6.07 Å². The van der Waals surface area contributed by atoms with E-state index in [4.69, 9.17) is 0 Å². The SMILES string of the molecule is O=C(Nc1cccc(-n2cccn2)c1)[C@@H]1CCCN1C1CSCCSC1. The molecule has 0 saturated carbocycles. The first kappa shape index (κ1) is 17.9. The summed E-state index contributed by atoms with van der Waals surface area (Å²) in [5, 5.41) is 7.39. The topological polar surface area (TPSA) is 50.2 Å². The van der Waals surface area contributed by atoms with E-state index in [0.717, 1.165) is 42.3 Å². The van der Waals surface area contributed by atoms with Crippen molar-refractivity contribution in [3.63, 3.8) is 0 Å². The summed E-state index contributed by atoms with van der Waals surface area (Å²) in [6.45, 7) is 1.04. The smallest absolute Gasteiger partial charge is 0.241 e. The number of aromatic nitrogens is 2. The highest BCUT2D eigenvalue weighted by atomic mass is 32.2. The molecule has 2 saturated heterocycles. The molecule has 1 N–H and O–H groups in total. The van der Waals surface area contributed by atoms with E-state index >= 15 is 0 Å². The molecule has 7 heteroatoms. The second-order valence-corrected chi connectivity index (χ2v) is 8.99. The maximum absolute atomic E-state index is 13.0. The number of likely N-dealkylation sites (tertiary alicyclic amines) is 1. The molecule has 1 amide bonds. The molecule has 1 aromatic carbocycles. The number of benzene rings is 1. The summed E-state index contributed by atoms with van der Waals surface area (Å²) >= 11 is 4.05. The Kier molecular flexibility index (Phi) is 5.87. The average Bonchev–Trinajstić information content (AvgIpc) is 3.30. The Morgan fingerprint density at radius 3 is 2.81 bits per heavy atom. The van der Waals surface area contributed by atoms with Crippen molar-refractivity contribution in [2.45, 2.75) is 24.9 Å². The highest BCUT2D eigenvalue weighted by Gasteiger charge is 2.35. The quantitative estimate of drug-likeness (QED) is 0.872. The fraction of sp³-hybridized carbons (Fsp3) is 0.474. The first-order valence-corrected chi connectivity index (χ1v) is 11.4. The maximum Gasteiger partial charge on any atom is 0.241 e. The van der Waals surface area contributed by atoms with Gasteiger partial charge in [0.15, 0.2) is 0 Å². The van der Waals surface area contributed by atoms with Gasteiger partial charge in [-0.25, -0.2) is 4.68 Å². The number of nitrogens with zero attached hydrogens (tertiary/aromatic N) is 3. The zero-order chi connectivity index (χ0) is 17.8. The molecule has 1 atom stereocenters. The number of rotatable bonds is 4. The van der Waals surface area contributed by atoms with Crippen LogP contribution in [-0.4, -0.2) is 62.2 Å². The van der Waals surface area contributed by atoms with E-state index in [1.807, 2.05) is 60.1 Å². The van der Waals surface area contributed by atoms with Gasteiger partial charge >= 0.3 is 0 Å². The van der Waals surface area contributed by atoms with Crippen LogP contribution in [0.3, 0.4) is 0 Å². The van der Waals surface area contributed by atoms with Gasteiger partial charge in [-0.2, -0.15) is 28.6 Å². The number of carbonyl (C=O) groups is 1. The molecule has 138 valence electrons. The molecule has 4 rings (SSSR count). The van der Waals surface area contributed by atoms with E-state index < -0.39 is 0 Å². The van der Waals surface area contributed by atoms with Crippen molar-refractivity contribution in [2.24, 2.45) is 0 Å². The highest BCUT2D eigenvalue weighted by Crippen LogP contribution is 2.28. The Labute approximate surface area is 162 Å². The van der Waals surface area contributed by atoms with Crippen LogP contribution in [0.1, 0.15) is 12.8 Å². The minimum atomic E-state index is -0.00680. The Morgan fingerprint density at radius 2 is 2.04 bits per heavy atom. The molecule has 2 fully saturated rings. The number of thioether (sulfide) groups is 2. The fourth-order valence-electron chi connectivity index (χ4n) is 3.68. The number of nitrogens with one attached hydrogen (secondary N) is 1. The van der Waals surface area contributed by atoms with Crippen LogP contribution < -0.4 is 5.32 Å². The lowest BCUT2D eigenvalue weighted by molar-refractivity contribution is -0.120. The Hall–Kier alpha value is -1.44. The molecule has 0 bridgehead atoms. The number of amides is 1. The van der Waals surface area contributed by atoms with E-state index in [-0.39, 0.29) is 11.9 Å². The predicted octanol–water partition coefficient (Wildman–Crippen LogP) is 3.12. The Morgan fingerprint density at radius 1 is 1.19 bits per heavy atom. The first-order valence-electron chi connectivity index (χ1n) is 9.13. The summed E-state index contributed by atoms with van der Waals surface area (Å²) in [4.78, 5) is 15.4. The van der Waals surface area contributed by atoms with Crippen LogP contribution in [0.2, 0.25) is 0 Å². The monoisotopic (exact) mass is 388 g/mol. The van der Waals surface area contributed by atoms with Gasteiger partial charge in [-0.15, -0.1) is 0 Å². The third-order valence-electron chi connectivity index (χ3n) is 4.94.